The van der Waals surface area contributed by atoms with Crippen molar-refractivity contribution in [3.8, 4) is 0 Å². The summed E-state index contributed by atoms with van der Waals surface area (Å²) in [4.78, 5) is 21.8. The molecule has 0 spiro atoms. The van der Waals surface area contributed by atoms with Crippen molar-refractivity contribution in [2.45, 2.75) is 38.6 Å². The van der Waals surface area contributed by atoms with Gasteiger partial charge in [-0.05, 0) is 43.6 Å². The molecule has 0 heterocycles. The maximum Gasteiger partial charge on any atom is 0.327 e. The van der Waals surface area contributed by atoms with Gasteiger partial charge in [-0.1, -0.05) is 6.42 Å². The van der Waals surface area contributed by atoms with Gasteiger partial charge >= 0.3 is 5.97 Å². The molecule has 2 saturated carbocycles. The average molecular weight is 254 g/mol. The summed E-state index contributed by atoms with van der Waals surface area (Å²) in [5.74, 6) is 1.17. The Morgan fingerprint density at radius 3 is 2.61 bits per heavy atom. The summed E-state index contributed by atoms with van der Waals surface area (Å²) in [7, 11) is 0. The van der Waals surface area contributed by atoms with E-state index in [1.54, 1.807) is 0 Å². The van der Waals surface area contributed by atoms with Gasteiger partial charge in [0.15, 0.2) is 0 Å². The summed E-state index contributed by atoms with van der Waals surface area (Å²) in [6.07, 6.45) is 5.37. The number of fused-ring (bicyclic) bond motifs is 2. The lowest BCUT2D eigenvalue weighted by molar-refractivity contribution is -0.141. The molecule has 4 unspecified atom stereocenters. The lowest BCUT2D eigenvalue weighted by Crippen LogP contribution is -2.47. The van der Waals surface area contributed by atoms with E-state index < -0.39 is 12.0 Å². The highest BCUT2D eigenvalue weighted by atomic mass is 16.4. The number of aliphatic carboxylic acids is 1. The summed E-state index contributed by atoms with van der Waals surface area (Å²) in [6.45, 7) is 2.53. The van der Waals surface area contributed by atoms with E-state index in [0.29, 0.717) is 12.5 Å². The minimum atomic E-state index is -0.981. The molecule has 4 atom stereocenters. The van der Waals surface area contributed by atoms with Crippen molar-refractivity contribution < 1.29 is 14.7 Å². The third kappa shape index (κ3) is 3.22. The normalized spacial score (nSPS) is 31.3. The van der Waals surface area contributed by atoms with Crippen molar-refractivity contribution in [1.82, 2.24) is 10.6 Å². The maximum absolute atomic E-state index is 10.9. The first-order valence-electron chi connectivity index (χ1n) is 6.77. The second kappa shape index (κ2) is 5.69. The van der Waals surface area contributed by atoms with E-state index in [4.69, 9.17) is 5.11 Å². The molecule has 1 amide bonds. The van der Waals surface area contributed by atoms with Crippen LogP contribution in [0.3, 0.4) is 0 Å². The second-order valence-electron chi connectivity index (χ2n) is 5.68. The SMILES string of the molecule is CC(=O)NC(CNCC1CC2CCC1C2)C(=O)O. The van der Waals surface area contributed by atoms with Crippen molar-refractivity contribution >= 4 is 11.9 Å². The Bertz CT molecular complexity index is 332. The van der Waals surface area contributed by atoms with E-state index in [2.05, 4.69) is 10.6 Å². The molecule has 0 aliphatic heterocycles. The third-order valence-corrected chi connectivity index (χ3v) is 4.32. The van der Waals surface area contributed by atoms with Crippen molar-refractivity contribution in [2.75, 3.05) is 13.1 Å². The molecule has 0 aromatic carbocycles. The van der Waals surface area contributed by atoms with Gasteiger partial charge < -0.3 is 15.7 Å². The number of carboxylic acids is 1. The average Bonchev–Trinajstić information content (AvgIpc) is 2.88. The number of carboxylic acid groups (broad SMARTS) is 1. The number of hydrogen-bond donors (Lipinski definition) is 3. The van der Waals surface area contributed by atoms with E-state index in [1.165, 1.54) is 32.6 Å². The fraction of sp³-hybridized carbons (Fsp3) is 0.846. The summed E-state index contributed by atoms with van der Waals surface area (Å²) in [5.41, 5.74) is 0. The van der Waals surface area contributed by atoms with Crippen LogP contribution in [0.15, 0.2) is 0 Å². The first-order valence-corrected chi connectivity index (χ1v) is 6.77. The first kappa shape index (κ1) is 13.3. The number of nitrogens with one attached hydrogen (secondary N) is 2. The molecule has 2 aliphatic rings. The Kier molecular flexibility index (Phi) is 4.22. The highest BCUT2D eigenvalue weighted by molar-refractivity contribution is 5.82. The summed E-state index contributed by atoms with van der Waals surface area (Å²) in [5, 5.41) is 14.6. The highest BCUT2D eigenvalue weighted by Gasteiger charge is 2.39. The Morgan fingerprint density at radius 1 is 1.33 bits per heavy atom. The van der Waals surface area contributed by atoms with Crippen LogP contribution in [0.5, 0.6) is 0 Å². The molecule has 2 rings (SSSR count). The van der Waals surface area contributed by atoms with Crippen LogP contribution in [0.4, 0.5) is 0 Å². The molecule has 102 valence electrons. The molecule has 18 heavy (non-hydrogen) atoms. The Morgan fingerprint density at radius 2 is 2.11 bits per heavy atom. The van der Waals surface area contributed by atoms with Crippen molar-refractivity contribution in [3.63, 3.8) is 0 Å². The van der Waals surface area contributed by atoms with E-state index >= 15 is 0 Å². The summed E-state index contributed by atoms with van der Waals surface area (Å²) < 4.78 is 0. The third-order valence-electron chi connectivity index (χ3n) is 4.32. The van der Waals surface area contributed by atoms with Gasteiger partial charge in [0, 0.05) is 13.5 Å². The molecule has 5 heteroatoms. The Balaban J connectivity index is 1.70. The van der Waals surface area contributed by atoms with Gasteiger partial charge in [0.25, 0.3) is 0 Å². The van der Waals surface area contributed by atoms with E-state index in [-0.39, 0.29) is 5.91 Å². The van der Waals surface area contributed by atoms with E-state index in [9.17, 15) is 9.59 Å². The molecular weight excluding hydrogens is 232 g/mol. The number of carbonyl (C=O) groups excluding carboxylic acids is 1. The van der Waals surface area contributed by atoms with Crippen LogP contribution in [-0.2, 0) is 9.59 Å². The molecule has 3 N–H and O–H groups in total. The summed E-state index contributed by atoms with van der Waals surface area (Å²) >= 11 is 0. The minimum Gasteiger partial charge on any atom is -0.480 e. The number of rotatable bonds is 6. The smallest absolute Gasteiger partial charge is 0.327 e. The molecular formula is C13H22N2O3. The quantitative estimate of drug-likeness (QED) is 0.648. The van der Waals surface area contributed by atoms with Gasteiger partial charge in [-0.25, -0.2) is 4.79 Å². The molecule has 5 nitrogen and oxygen atoms in total. The first-order chi connectivity index (χ1) is 8.56. The van der Waals surface area contributed by atoms with Gasteiger partial charge in [0.05, 0.1) is 0 Å². The van der Waals surface area contributed by atoms with Crippen LogP contribution < -0.4 is 10.6 Å². The molecule has 2 aliphatic carbocycles. The minimum absolute atomic E-state index is 0.302. The molecule has 0 aromatic rings. The molecule has 2 bridgehead atoms. The molecule has 0 aromatic heterocycles. The zero-order valence-corrected chi connectivity index (χ0v) is 10.8. The van der Waals surface area contributed by atoms with Crippen LogP contribution in [-0.4, -0.2) is 36.1 Å². The van der Waals surface area contributed by atoms with Crippen LogP contribution >= 0.6 is 0 Å². The number of amides is 1. The largest absolute Gasteiger partial charge is 0.480 e. The van der Waals surface area contributed by atoms with Crippen LogP contribution in [0.2, 0.25) is 0 Å². The van der Waals surface area contributed by atoms with Crippen molar-refractivity contribution in [2.24, 2.45) is 17.8 Å². The van der Waals surface area contributed by atoms with Gasteiger partial charge in [-0.3, -0.25) is 4.79 Å². The molecule has 2 fully saturated rings. The van der Waals surface area contributed by atoms with E-state index in [1.807, 2.05) is 0 Å². The Labute approximate surface area is 107 Å². The predicted octanol–water partition coefficient (Wildman–Crippen LogP) is 0.601. The lowest BCUT2D eigenvalue weighted by atomic mass is 9.89. The van der Waals surface area contributed by atoms with Crippen molar-refractivity contribution in [3.05, 3.63) is 0 Å². The fourth-order valence-corrected chi connectivity index (χ4v) is 3.48. The predicted molar refractivity (Wildman–Crippen MR) is 67.0 cm³/mol. The van der Waals surface area contributed by atoms with Crippen LogP contribution in [0.1, 0.15) is 32.6 Å². The number of hydrogen-bond acceptors (Lipinski definition) is 3. The van der Waals surface area contributed by atoms with Crippen LogP contribution in [0, 0.1) is 17.8 Å². The number of carbonyl (C=O) groups is 2. The van der Waals surface area contributed by atoms with Gasteiger partial charge in [-0.15, -0.1) is 0 Å². The van der Waals surface area contributed by atoms with Crippen molar-refractivity contribution in [1.29, 1.82) is 0 Å². The summed E-state index contributed by atoms with van der Waals surface area (Å²) in [6, 6.07) is -0.818. The van der Waals surface area contributed by atoms with Gasteiger partial charge in [-0.2, -0.15) is 0 Å². The zero-order valence-electron chi connectivity index (χ0n) is 10.8. The maximum atomic E-state index is 10.9. The molecule has 0 radical (unpaired) electrons. The van der Waals surface area contributed by atoms with Crippen LogP contribution in [0.25, 0.3) is 0 Å². The fourth-order valence-electron chi connectivity index (χ4n) is 3.48. The topological polar surface area (TPSA) is 78.4 Å². The zero-order chi connectivity index (χ0) is 13.1. The van der Waals surface area contributed by atoms with E-state index in [0.717, 1.165) is 18.4 Å². The van der Waals surface area contributed by atoms with Gasteiger partial charge in [0.1, 0.15) is 6.04 Å². The monoisotopic (exact) mass is 254 g/mol. The Hall–Kier alpha value is -1.10. The lowest BCUT2D eigenvalue weighted by Gasteiger charge is -2.23. The standard InChI is InChI=1S/C13H22N2O3/c1-8(16)15-12(13(17)18)7-14-6-11-5-9-2-3-10(11)4-9/h9-12,14H,2-7H2,1H3,(H,15,16)(H,17,18). The second-order valence-corrected chi connectivity index (χ2v) is 5.68. The van der Waals surface area contributed by atoms with Gasteiger partial charge in [0.2, 0.25) is 5.91 Å². The molecule has 0 saturated heterocycles. The highest BCUT2D eigenvalue weighted by Crippen LogP contribution is 2.47.